The highest BCUT2D eigenvalue weighted by atomic mass is 16.3. The van der Waals surface area contributed by atoms with Crippen molar-refractivity contribution in [2.24, 2.45) is 0 Å². The molecule has 0 saturated heterocycles. The minimum atomic E-state index is -0.396. The summed E-state index contributed by atoms with van der Waals surface area (Å²) in [7, 11) is 0. The number of aliphatic hydroxyl groups is 2. The van der Waals surface area contributed by atoms with Gasteiger partial charge < -0.3 is 10.2 Å². The van der Waals surface area contributed by atoms with Crippen LogP contribution in [0.3, 0.4) is 0 Å². The van der Waals surface area contributed by atoms with Crippen LogP contribution in [0.1, 0.15) is 106 Å². The molecular formula is C30H50O2. The van der Waals surface area contributed by atoms with Gasteiger partial charge in [-0.1, -0.05) is 69.9 Å². The van der Waals surface area contributed by atoms with Crippen LogP contribution >= 0.6 is 0 Å². The van der Waals surface area contributed by atoms with E-state index in [0.29, 0.717) is 6.42 Å². The maximum absolute atomic E-state index is 10.4. The van der Waals surface area contributed by atoms with Crippen molar-refractivity contribution in [3.63, 3.8) is 0 Å². The van der Waals surface area contributed by atoms with Crippen LogP contribution in [0.5, 0.6) is 0 Å². The Morgan fingerprint density at radius 1 is 0.562 bits per heavy atom. The van der Waals surface area contributed by atoms with Crippen molar-refractivity contribution in [1.29, 1.82) is 0 Å². The highest BCUT2D eigenvalue weighted by Gasteiger charge is 2.03. The third-order valence-electron chi connectivity index (χ3n) is 5.63. The van der Waals surface area contributed by atoms with Crippen molar-refractivity contribution in [3.8, 4) is 0 Å². The Morgan fingerprint density at radius 2 is 0.969 bits per heavy atom. The lowest BCUT2D eigenvalue weighted by Crippen LogP contribution is -2.03. The van der Waals surface area contributed by atoms with Gasteiger partial charge in [0.05, 0.1) is 12.7 Å². The zero-order valence-corrected chi connectivity index (χ0v) is 22.0. The lowest BCUT2D eigenvalue weighted by atomic mass is 10.0. The van der Waals surface area contributed by atoms with E-state index in [1.165, 1.54) is 33.4 Å². The summed E-state index contributed by atoms with van der Waals surface area (Å²) in [5, 5.41) is 19.3. The van der Waals surface area contributed by atoms with Gasteiger partial charge >= 0.3 is 0 Å². The molecule has 32 heavy (non-hydrogen) atoms. The van der Waals surface area contributed by atoms with Gasteiger partial charge in [-0.3, -0.25) is 0 Å². The second-order valence-electron chi connectivity index (χ2n) is 9.61. The van der Waals surface area contributed by atoms with E-state index < -0.39 is 6.10 Å². The molecule has 1 atom stereocenters. The zero-order valence-electron chi connectivity index (χ0n) is 22.0. The summed E-state index contributed by atoms with van der Waals surface area (Å²) in [5.74, 6) is 0. The molecule has 0 fully saturated rings. The van der Waals surface area contributed by atoms with E-state index in [1.54, 1.807) is 0 Å². The lowest BCUT2D eigenvalue weighted by molar-refractivity contribution is 0.222. The lowest BCUT2D eigenvalue weighted by Gasteiger charge is -2.09. The fourth-order valence-corrected chi connectivity index (χ4v) is 3.57. The van der Waals surface area contributed by atoms with E-state index >= 15 is 0 Å². The fourth-order valence-electron chi connectivity index (χ4n) is 3.57. The molecule has 0 aromatic rings. The Kier molecular flexibility index (Phi) is 17.9. The van der Waals surface area contributed by atoms with E-state index in [0.717, 1.165) is 51.4 Å². The largest absolute Gasteiger partial charge is 0.392 e. The molecule has 182 valence electrons. The summed E-state index contributed by atoms with van der Waals surface area (Å²) < 4.78 is 0. The van der Waals surface area contributed by atoms with Gasteiger partial charge in [0.1, 0.15) is 0 Å². The van der Waals surface area contributed by atoms with E-state index in [4.69, 9.17) is 5.11 Å². The first-order chi connectivity index (χ1) is 15.1. The SMILES string of the molecule is CC(C)=CCC/C(C)=C/CC/C(C)=C/C(O)CC(C)=CCCC(C)=CCCC(C)=CCO. The van der Waals surface area contributed by atoms with Crippen LogP contribution < -0.4 is 0 Å². The van der Waals surface area contributed by atoms with E-state index in [-0.39, 0.29) is 6.61 Å². The molecule has 0 amide bonds. The molecule has 0 aromatic heterocycles. The van der Waals surface area contributed by atoms with Crippen LogP contribution in [0.15, 0.2) is 69.9 Å². The molecule has 1 unspecified atom stereocenters. The second kappa shape index (κ2) is 18.9. The average Bonchev–Trinajstić information content (AvgIpc) is 2.67. The number of rotatable bonds is 16. The molecule has 0 aliphatic heterocycles. The topological polar surface area (TPSA) is 40.5 Å². The summed E-state index contributed by atoms with van der Waals surface area (Å²) in [4.78, 5) is 0. The van der Waals surface area contributed by atoms with Crippen molar-refractivity contribution < 1.29 is 10.2 Å². The van der Waals surface area contributed by atoms with Gasteiger partial charge in [0.15, 0.2) is 0 Å². The minimum absolute atomic E-state index is 0.132. The van der Waals surface area contributed by atoms with Gasteiger partial charge in [0.25, 0.3) is 0 Å². The molecule has 0 bridgehead atoms. The van der Waals surface area contributed by atoms with Gasteiger partial charge in [0, 0.05) is 0 Å². The van der Waals surface area contributed by atoms with E-state index in [2.05, 4.69) is 72.8 Å². The molecule has 0 rings (SSSR count). The Labute approximate surface area is 199 Å². The van der Waals surface area contributed by atoms with Gasteiger partial charge in [-0.2, -0.15) is 0 Å². The Balaban J connectivity index is 4.29. The predicted octanol–water partition coefficient (Wildman–Crippen LogP) is 8.55. The van der Waals surface area contributed by atoms with E-state index in [9.17, 15) is 5.11 Å². The third kappa shape index (κ3) is 19.1. The van der Waals surface area contributed by atoms with Crippen LogP contribution in [0.2, 0.25) is 0 Å². The Hall–Kier alpha value is -1.64. The molecule has 0 aliphatic rings. The molecule has 0 heterocycles. The maximum atomic E-state index is 10.4. The monoisotopic (exact) mass is 442 g/mol. The van der Waals surface area contributed by atoms with Crippen molar-refractivity contribution in [2.45, 2.75) is 112 Å². The smallest absolute Gasteiger partial charge is 0.0760 e. The van der Waals surface area contributed by atoms with Crippen LogP contribution in [-0.4, -0.2) is 22.9 Å². The Morgan fingerprint density at radius 3 is 1.44 bits per heavy atom. The fraction of sp³-hybridized carbons (Fsp3) is 0.600. The number of hydrogen-bond acceptors (Lipinski definition) is 2. The van der Waals surface area contributed by atoms with Crippen molar-refractivity contribution in [3.05, 3.63) is 69.9 Å². The summed E-state index contributed by atoms with van der Waals surface area (Å²) >= 11 is 0. The van der Waals surface area contributed by atoms with E-state index in [1.807, 2.05) is 12.2 Å². The second-order valence-corrected chi connectivity index (χ2v) is 9.61. The number of hydrogen-bond donors (Lipinski definition) is 2. The van der Waals surface area contributed by atoms with Gasteiger partial charge in [-0.25, -0.2) is 0 Å². The molecule has 0 radical (unpaired) electrons. The molecule has 2 heteroatoms. The van der Waals surface area contributed by atoms with Crippen molar-refractivity contribution in [1.82, 2.24) is 0 Å². The highest BCUT2D eigenvalue weighted by molar-refractivity contribution is 5.11. The van der Waals surface area contributed by atoms with Crippen molar-refractivity contribution >= 4 is 0 Å². The van der Waals surface area contributed by atoms with Crippen molar-refractivity contribution in [2.75, 3.05) is 6.61 Å². The standard InChI is InChI=1S/C30H50O2/c1-24(2)12-8-13-25(3)15-10-18-28(6)22-30(32)23-29(7)19-11-16-26(4)14-9-17-27(5)20-21-31/h12,14-15,19-20,22,30-32H,8-11,13,16-18,21,23H2,1-7H3/b25-15+,26-14?,27-20?,28-22+,29-19?. The van der Waals surface area contributed by atoms with Crippen LogP contribution in [0.4, 0.5) is 0 Å². The van der Waals surface area contributed by atoms with Gasteiger partial charge in [0.2, 0.25) is 0 Å². The molecule has 0 spiro atoms. The first-order valence-electron chi connectivity index (χ1n) is 12.4. The predicted molar refractivity (Wildman–Crippen MR) is 143 cm³/mol. The zero-order chi connectivity index (χ0) is 24.4. The van der Waals surface area contributed by atoms with Gasteiger partial charge in [-0.15, -0.1) is 0 Å². The summed E-state index contributed by atoms with van der Waals surface area (Å²) in [6, 6.07) is 0. The first kappa shape index (κ1) is 30.4. The molecular weight excluding hydrogens is 392 g/mol. The summed E-state index contributed by atoms with van der Waals surface area (Å²) in [6.45, 7) is 15.1. The molecule has 0 aromatic carbocycles. The number of aliphatic hydroxyl groups excluding tert-OH is 2. The van der Waals surface area contributed by atoms with Crippen LogP contribution in [0.25, 0.3) is 0 Å². The minimum Gasteiger partial charge on any atom is -0.392 e. The third-order valence-corrected chi connectivity index (χ3v) is 5.63. The molecule has 0 aliphatic carbocycles. The molecule has 2 nitrogen and oxygen atoms in total. The van der Waals surface area contributed by atoms with Crippen LogP contribution in [-0.2, 0) is 0 Å². The first-order valence-corrected chi connectivity index (χ1v) is 12.4. The molecule has 2 N–H and O–H groups in total. The molecule has 0 saturated carbocycles. The van der Waals surface area contributed by atoms with Crippen LogP contribution in [0, 0.1) is 0 Å². The number of allylic oxidation sites excluding steroid dienone is 9. The quantitative estimate of drug-likeness (QED) is 0.235. The summed E-state index contributed by atoms with van der Waals surface area (Å²) in [6.07, 6.45) is 21.9. The van der Waals surface area contributed by atoms with Gasteiger partial charge in [-0.05, 0) is 106 Å². The normalized spacial score (nSPS) is 15.2. The summed E-state index contributed by atoms with van der Waals surface area (Å²) in [5.41, 5.74) is 8.02. The Bertz CT molecular complexity index is 694. The highest BCUT2D eigenvalue weighted by Crippen LogP contribution is 2.16. The maximum Gasteiger partial charge on any atom is 0.0760 e. The average molecular weight is 443 g/mol.